The van der Waals surface area contributed by atoms with Gasteiger partial charge in [0.25, 0.3) is 0 Å². The lowest BCUT2D eigenvalue weighted by Crippen LogP contribution is -2.08. The second kappa shape index (κ2) is 3.30. The second-order valence-electron chi connectivity index (χ2n) is 3.02. The van der Waals surface area contributed by atoms with Crippen LogP contribution in [0.3, 0.4) is 0 Å². The molecule has 0 atom stereocenters. The Balaban J connectivity index is 2.71. The Hall–Kier alpha value is -1.98. The lowest BCUT2D eigenvalue weighted by atomic mass is 10.2. The van der Waals surface area contributed by atoms with E-state index < -0.39 is 17.5 Å². The molecule has 1 heterocycles. The molecule has 0 aliphatic carbocycles. The van der Waals surface area contributed by atoms with Gasteiger partial charge in [0, 0.05) is 13.0 Å². The summed E-state index contributed by atoms with van der Waals surface area (Å²) in [7, 11) is 0. The summed E-state index contributed by atoms with van der Waals surface area (Å²) >= 11 is 0. The molecular formula is C9H7F2N3O. The number of benzene rings is 1. The molecule has 78 valence electrons. The number of aromatic amines is 1. The number of hydrogen-bond acceptors (Lipinski definition) is 2. The van der Waals surface area contributed by atoms with Crippen molar-refractivity contribution < 1.29 is 13.6 Å². The van der Waals surface area contributed by atoms with Gasteiger partial charge < -0.3 is 10.3 Å². The number of H-pyrrole nitrogens is 1. The third kappa shape index (κ3) is 1.54. The number of halogens is 2. The van der Waals surface area contributed by atoms with Crippen LogP contribution < -0.4 is 5.32 Å². The van der Waals surface area contributed by atoms with Crippen molar-refractivity contribution in [1.82, 2.24) is 9.97 Å². The Labute approximate surface area is 83.3 Å². The summed E-state index contributed by atoms with van der Waals surface area (Å²) in [5.41, 5.74) is 0.0549. The van der Waals surface area contributed by atoms with Gasteiger partial charge in [-0.2, -0.15) is 0 Å². The zero-order valence-electron chi connectivity index (χ0n) is 7.77. The van der Waals surface area contributed by atoms with Crippen molar-refractivity contribution in [2.45, 2.75) is 6.92 Å². The zero-order chi connectivity index (χ0) is 11.0. The van der Waals surface area contributed by atoms with Crippen LogP contribution in [0.4, 0.5) is 14.5 Å². The van der Waals surface area contributed by atoms with Gasteiger partial charge in [-0.1, -0.05) is 0 Å². The third-order valence-electron chi connectivity index (χ3n) is 1.91. The molecule has 1 amide bonds. The number of aromatic nitrogens is 2. The lowest BCUT2D eigenvalue weighted by Gasteiger charge is -2.05. The SMILES string of the molecule is CC(=O)Nc1c(F)cc(F)c2nc[nH]c12. The highest BCUT2D eigenvalue weighted by Gasteiger charge is 2.14. The first-order valence-electron chi connectivity index (χ1n) is 4.18. The van der Waals surface area contributed by atoms with E-state index in [2.05, 4.69) is 15.3 Å². The van der Waals surface area contributed by atoms with E-state index in [0.717, 1.165) is 0 Å². The first-order chi connectivity index (χ1) is 7.09. The number of nitrogens with zero attached hydrogens (tertiary/aromatic N) is 1. The standard InChI is InChI=1S/C9H7F2N3O/c1-4(15)14-8-6(11)2-5(10)7-9(8)13-3-12-7/h2-3H,1H3,(H,12,13)(H,14,15). The molecule has 6 heteroatoms. The maximum absolute atomic E-state index is 13.3. The van der Waals surface area contributed by atoms with Gasteiger partial charge >= 0.3 is 0 Å². The summed E-state index contributed by atoms with van der Waals surface area (Å²) in [4.78, 5) is 17.1. The monoisotopic (exact) mass is 211 g/mol. The highest BCUT2D eigenvalue weighted by atomic mass is 19.1. The van der Waals surface area contributed by atoms with E-state index in [9.17, 15) is 13.6 Å². The Kier molecular flexibility index (Phi) is 2.11. The topological polar surface area (TPSA) is 57.8 Å². The normalized spacial score (nSPS) is 10.6. The first-order valence-corrected chi connectivity index (χ1v) is 4.18. The molecular weight excluding hydrogens is 204 g/mol. The average Bonchev–Trinajstić information content (AvgIpc) is 2.60. The van der Waals surface area contributed by atoms with Crippen LogP contribution >= 0.6 is 0 Å². The Morgan fingerprint density at radius 1 is 1.47 bits per heavy atom. The highest BCUT2D eigenvalue weighted by Crippen LogP contribution is 2.26. The molecule has 2 N–H and O–H groups in total. The summed E-state index contributed by atoms with van der Waals surface area (Å²) in [5, 5.41) is 2.28. The Morgan fingerprint density at radius 2 is 2.20 bits per heavy atom. The average molecular weight is 211 g/mol. The van der Waals surface area contributed by atoms with Crippen LogP contribution in [-0.2, 0) is 4.79 Å². The number of imidazole rings is 1. The van der Waals surface area contributed by atoms with Crippen molar-refractivity contribution in [3.63, 3.8) is 0 Å². The molecule has 0 fully saturated rings. The summed E-state index contributed by atoms with van der Waals surface area (Å²) in [6.45, 7) is 1.24. The number of fused-ring (bicyclic) bond motifs is 1. The Bertz CT molecular complexity index is 535. The van der Waals surface area contributed by atoms with Crippen molar-refractivity contribution in [2.24, 2.45) is 0 Å². The molecule has 2 rings (SSSR count). The number of anilines is 1. The van der Waals surface area contributed by atoms with Crippen molar-refractivity contribution in [2.75, 3.05) is 5.32 Å². The van der Waals surface area contributed by atoms with Gasteiger partial charge in [0.05, 0.1) is 11.8 Å². The minimum absolute atomic E-state index is 0.000139. The van der Waals surface area contributed by atoms with Crippen LogP contribution in [0.15, 0.2) is 12.4 Å². The zero-order valence-corrected chi connectivity index (χ0v) is 7.77. The molecule has 2 aromatic rings. The first kappa shape index (κ1) is 9.57. The van der Waals surface area contributed by atoms with E-state index in [0.29, 0.717) is 6.07 Å². The van der Waals surface area contributed by atoms with Crippen LogP contribution in [0.2, 0.25) is 0 Å². The predicted molar refractivity (Wildman–Crippen MR) is 50.3 cm³/mol. The smallest absolute Gasteiger partial charge is 0.221 e. The fourth-order valence-electron chi connectivity index (χ4n) is 1.34. The summed E-state index contributed by atoms with van der Waals surface area (Å²) in [5.74, 6) is -2.03. The van der Waals surface area contributed by atoms with Gasteiger partial charge in [0.2, 0.25) is 5.91 Å². The van der Waals surface area contributed by atoms with Crippen molar-refractivity contribution in [3.05, 3.63) is 24.0 Å². The molecule has 4 nitrogen and oxygen atoms in total. The van der Waals surface area contributed by atoms with E-state index in [1.165, 1.54) is 13.3 Å². The molecule has 1 aromatic heterocycles. The minimum atomic E-state index is -0.834. The number of nitrogens with one attached hydrogen (secondary N) is 2. The lowest BCUT2D eigenvalue weighted by molar-refractivity contribution is -0.114. The van der Waals surface area contributed by atoms with Crippen molar-refractivity contribution in [1.29, 1.82) is 0 Å². The molecule has 0 radical (unpaired) electrons. The van der Waals surface area contributed by atoms with Gasteiger partial charge in [0.15, 0.2) is 11.6 Å². The minimum Gasteiger partial charge on any atom is -0.343 e. The fourth-order valence-corrected chi connectivity index (χ4v) is 1.34. The third-order valence-corrected chi connectivity index (χ3v) is 1.91. The Morgan fingerprint density at radius 3 is 2.87 bits per heavy atom. The summed E-state index contributed by atoms with van der Waals surface area (Å²) < 4.78 is 26.5. The van der Waals surface area contributed by atoms with Crippen LogP contribution in [0.25, 0.3) is 11.0 Å². The number of hydrogen-bond donors (Lipinski definition) is 2. The molecule has 1 aromatic carbocycles. The van der Waals surface area contributed by atoms with E-state index >= 15 is 0 Å². The van der Waals surface area contributed by atoms with Gasteiger partial charge in [-0.25, -0.2) is 13.8 Å². The van der Waals surface area contributed by atoms with Crippen LogP contribution in [0.1, 0.15) is 6.92 Å². The van der Waals surface area contributed by atoms with E-state index in [-0.39, 0.29) is 16.7 Å². The summed E-state index contributed by atoms with van der Waals surface area (Å²) in [6.07, 6.45) is 1.23. The van der Waals surface area contributed by atoms with E-state index in [1.807, 2.05) is 0 Å². The summed E-state index contributed by atoms with van der Waals surface area (Å²) in [6, 6.07) is 0.689. The van der Waals surface area contributed by atoms with Gasteiger partial charge in [-0.3, -0.25) is 4.79 Å². The van der Waals surface area contributed by atoms with Crippen LogP contribution in [0, 0.1) is 11.6 Å². The molecule has 0 aliphatic rings. The number of amides is 1. The van der Waals surface area contributed by atoms with Gasteiger partial charge in [-0.15, -0.1) is 0 Å². The maximum Gasteiger partial charge on any atom is 0.221 e. The molecule has 0 aliphatic heterocycles. The predicted octanol–water partition coefficient (Wildman–Crippen LogP) is 1.80. The molecule has 0 saturated heterocycles. The largest absolute Gasteiger partial charge is 0.343 e. The van der Waals surface area contributed by atoms with Gasteiger partial charge in [-0.05, 0) is 0 Å². The van der Waals surface area contributed by atoms with Crippen molar-refractivity contribution >= 4 is 22.6 Å². The number of rotatable bonds is 1. The van der Waals surface area contributed by atoms with Crippen LogP contribution in [-0.4, -0.2) is 15.9 Å². The van der Waals surface area contributed by atoms with Crippen molar-refractivity contribution in [3.8, 4) is 0 Å². The fraction of sp³-hybridized carbons (Fsp3) is 0.111. The quantitative estimate of drug-likeness (QED) is 0.755. The molecule has 0 unspecified atom stereocenters. The number of carbonyl (C=O) groups is 1. The number of carbonyl (C=O) groups excluding carboxylic acids is 1. The van der Waals surface area contributed by atoms with Crippen LogP contribution in [0.5, 0.6) is 0 Å². The molecule has 0 bridgehead atoms. The maximum atomic E-state index is 13.3. The second-order valence-corrected chi connectivity index (χ2v) is 3.02. The van der Waals surface area contributed by atoms with E-state index in [1.54, 1.807) is 0 Å². The van der Waals surface area contributed by atoms with Gasteiger partial charge in [0.1, 0.15) is 11.2 Å². The highest BCUT2D eigenvalue weighted by molar-refractivity contribution is 5.98. The molecule has 0 saturated carbocycles. The molecule has 15 heavy (non-hydrogen) atoms. The molecule has 0 spiro atoms. The van der Waals surface area contributed by atoms with E-state index in [4.69, 9.17) is 0 Å².